The Hall–Kier alpha value is -2.74. The third kappa shape index (κ3) is 4.23. The van der Waals surface area contributed by atoms with E-state index in [1.165, 1.54) is 27.6 Å². The molecule has 0 radical (unpaired) electrons. The van der Waals surface area contributed by atoms with Crippen molar-refractivity contribution in [2.45, 2.75) is 33.4 Å². The van der Waals surface area contributed by atoms with Crippen LogP contribution in [0.3, 0.4) is 0 Å². The maximum Gasteiger partial charge on any atom is 0.0990 e. The number of aliphatic hydroxyl groups excluding tert-OH is 1. The molecule has 0 unspecified atom stereocenters. The van der Waals surface area contributed by atoms with Crippen LogP contribution >= 0.6 is 0 Å². The standard InChI is InChI=1S/C26H31N3O/c1-20(2)15-29-19-27(3)17-24-25(13-6-7-14-30)28(18-26(24)29)16-22-11-8-10-21-9-4-5-12-23(21)22/h4-5,8-12,18,20,30H,7,14-17,19H2,1-3H3. The molecule has 0 saturated carbocycles. The van der Waals surface area contributed by atoms with Crippen LogP contribution in [0.2, 0.25) is 0 Å². The van der Waals surface area contributed by atoms with Gasteiger partial charge in [-0.25, -0.2) is 0 Å². The molecule has 0 aliphatic carbocycles. The fraction of sp³-hybridized carbons (Fsp3) is 0.385. The zero-order chi connectivity index (χ0) is 21.1. The molecule has 1 aliphatic heterocycles. The van der Waals surface area contributed by atoms with Crippen molar-refractivity contribution in [2.75, 3.05) is 31.8 Å². The van der Waals surface area contributed by atoms with Gasteiger partial charge in [0.05, 0.1) is 24.7 Å². The summed E-state index contributed by atoms with van der Waals surface area (Å²) >= 11 is 0. The summed E-state index contributed by atoms with van der Waals surface area (Å²) in [6.45, 7) is 8.28. The Morgan fingerprint density at radius 1 is 1.10 bits per heavy atom. The van der Waals surface area contributed by atoms with Gasteiger partial charge >= 0.3 is 0 Å². The van der Waals surface area contributed by atoms with Gasteiger partial charge in [0.25, 0.3) is 0 Å². The van der Waals surface area contributed by atoms with E-state index in [9.17, 15) is 5.11 Å². The highest BCUT2D eigenvalue weighted by Crippen LogP contribution is 2.33. The van der Waals surface area contributed by atoms with E-state index in [-0.39, 0.29) is 6.61 Å². The van der Waals surface area contributed by atoms with Crippen molar-refractivity contribution in [1.29, 1.82) is 0 Å². The first-order valence-corrected chi connectivity index (χ1v) is 10.8. The summed E-state index contributed by atoms with van der Waals surface area (Å²) in [6, 6.07) is 15.1. The Morgan fingerprint density at radius 3 is 2.70 bits per heavy atom. The van der Waals surface area contributed by atoms with Crippen LogP contribution in [-0.4, -0.2) is 41.4 Å². The molecule has 4 rings (SSSR count). The van der Waals surface area contributed by atoms with E-state index in [2.05, 4.69) is 95.8 Å². The Kier molecular flexibility index (Phi) is 6.13. The fourth-order valence-electron chi connectivity index (χ4n) is 4.39. The molecule has 30 heavy (non-hydrogen) atoms. The molecule has 0 fully saturated rings. The number of hydrogen-bond donors (Lipinski definition) is 1. The molecule has 0 atom stereocenters. The molecule has 1 N–H and O–H groups in total. The fourth-order valence-corrected chi connectivity index (χ4v) is 4.39. The molecular formula is C26H31N3O. The highest BCUT2D eigenvalue weighted by molar-refractivity contribution is 5.85. The van der Waals surface area contributed by atoms with Crippen LogP contribution in [0.1, 0.15) is 37.1 Å². The van der Waals surface area contributed by atoms with Gasteiger partial charge in [0.15, 0.2) is 0 Å². The van der Waals surface area contributed by atoms with Crippen LogP contribution in [0.15, 0.2) is 48.7 Å². The molecule has 156 valence electrons. The minimum absolute atomic E-state index is 0.0958. The molecule has 4 nitrogen and oxygen atoms in total. The molecule has 3 aromatic rings. The molecule has 0 spiro atoms. The van der Waals surface area contributed by atoms with Gasteiger partial charge in [-0.3, -0.25) is 4.90 Å². The quantitative estimate of drug-likeness (QED) is 0.647. The van der Waals surface area contributed by atoms with E-state index >= 15 is 0 Å². The molecular weight excluding hydrogens is 370 g/mol. The zero-order valence-corrected chi connectivity index (χ0v) is 18.2. The molecule has 0 bridgehead atoms. The van der Waals surface area contributed by atoms with Gasteiger partial charge in [0.1, 0.15) is 0 Å². The highest BCUT2D eigenvalue weighted by Gasteiger charge is 2.26. The van der Waals surface area contributed by atoms with Gasteiger partial charge in [-0.1, -0.05) is 62.2 Å². The average Bonchev–Trinajstić information content (AvgIpc) is 3.05. The maximum atomic E-state index is 9.21. The third-order valence-corrected chi connectivity index (χ3v) is 5.59. The molecule has 4 heteroatoms. The summed E-state index contributed by atoms with van der Waals surface area (Å²) in [4.78, 5) is 4.82. The molecule has 0 amide bonds. The number of aromatic nitrogens is 1. The molecule has 2 heterocycles. The molecule has 0 saturated heterocycles. The Morgan fingerprint density at radius 2 is 1.90 bits per heavy atom. The highest BCUT2D eigenvalue weighted by atomic mass is 16.2. The van der Waals surface area contributed by atoms with Crippen LogP contribution < -0.4 is 4.90 Å². The predicted octanol–water partition coefficient (Wildman–Crippen LogP) is 4.29. The number of fused-ring (bicyclic) bond motifs is 2. The van der Waals surface area contributed by atoms with E-state index in [1.54, 1.807) is 0 Å². The van der Waals surface area contributed by atoms with E-state index < -0.39 is 0 Å². The Balaban J connectivity index is 1.80. The largest absolute Gasteiger partial charge is 0.395 e. The topological polar surface area (TPSA) is 31.6 Å². The van der Waals surface area contributed by atoms with Crippen LogP contribution in [0, 0.1) is 17.8 Å². The second-order valence-corrected chi connectivity index (χ2v) is 8.65. The molecule has 2 aromatic carbocycles. The number of benzene rings is 2. The molecule has 1 aromatic heterocycles. The smallest absolute Gasteiger partial charge is 0.0990 e. The van der Waals surface area contributed by atoms with Crippen molar-refractivity contribution in [1.82, 2.24) is 9.47 Å². The lowest BCUT2D eigenvalue weighted by Gasteiger charge is -2.36. The normalized spacial score (nSPS) is 14.1. The summed E-state index contributed by atoms with van der Waals surface area (Å²) in [7, 11) is 2.17. The second kappa shape index (κ2) is 8.95. The van der Waals surface area contributed by atoms with Gasteiger partial charge in [-0.05, 0) is 35.2 Å². The maximum absolute atomic E-state index is 9.21. The summed E-state index contributed by atoms with van der Waals surface area (Å²) in [6.07, 6.45) is 2.79. The summed E-state index contributed by atoms with van der Waals surface area (Å²) in [5.74, 6) is 7.14. The van der Waals surface area contributed by atoms with E-state index in [0.29, 0.717) is 12.3 Å². The van der Waals surface area contributed by atoms with Crippen molar-refractivity contribution in [3.8, 4) is 11.8 Å². The summed E-state index contributed by atoms with van der Waals surface area (Å²) in [5.41, 5.74) is 4.98. The predicted molar refractivity (Wildman–Crippen MR) is 125 cm³/mol. The Labute approximate surface area is 179 Å². The monoisotopic (exact) mass is 401 g/mol. The molecule has 1 aliphatic rings. The van der Waals surface area contributed by atoms with Crippen LogP contribution in [0.4, 0.5) is 5.69 Å². The lowest BCUT2D eigenvalue weighted by atomic mass is 10.0. The minimum atomic E-state index is 0.0958. The number of nitrogens with zero attached hydrogens (tertiary/aromatic N) is 3. The summed E-state index contributed by atoms with van der Waals surface area (Å²) < 4.78 is 2.31. The first-order valence-electron chi connectivity index (χ1n) is 10.8. The number of rotatable bonds is 5. The van der Waals surface area contributed by atoms with Gasteiger partial charge < -0.3 is 14.6 Å². The SMILES string of the molecule is CC(C)CN1CN(C)Cc2c1cn(Cc1cccc3ccccc13)c2C#CCCO. The third-order valence-electron chi connectivity index (χ3n) is 5.59. The van der Waals surface area contributed by atoms with Crippen molar-refractivity contribution in [2.24, 2.45) is 5.92 Å². The Bertz CT molecular complexity index is 1080. The lowest BCUT2D eigenvalue weighted by Crippen LogP contribution is -2.41. The van der Waals surface area contributed by atoms with Crippen LogP contribution in [-0.2, 0) is 13.1 Å². The van der Waals surface area contributed by atoms with Gasteiger partial charge in [0.2, 0.25) is 0 Å². The first kappa shape index (κ1) is 20.5. The van der Waals surface area contributed by atoms with Crippen molar-refractivity contribution < 1.29 is 5.11 Å². The number of hydrogen-bond acceptors (Lipinski definition) is 3. The summed E-state index contributed by atoms with van der Waals surface area (Å²) in [5, 5.41) is 11.8. The van der Waals surface area contributed by atoms with Crippen LogP contribution in [0.25, 0.3) is 10.8 Å². The van der Waals surface area contributed by atoms with Gasteiger partial charge in [-0.15, -0.1) is 0 Å². The second-order valence-electron chi connectivity index (χ2n) is 8.65. The number of anilines is 1. The van der Waals surface area contributed by atoms with Gasteiger partial charge in [0, 0.05) is 37.8 Å². The van der Waals surface area contributed by atoms with Crippen molar-refractivity contribution in [3.63, 3.8) is 0 Å². The minimum Gasteiger partial charge on any atom is -0.395 e. The van der Waals surface area contributed by atoms with Gasteiger partial charge in [-0.2, -0.15) is 0 Å². The van der Waals surface area contributed by atoms with Crippen molar-refractivity contribution in [3.05, 3.63) is 65.5 Å². The van der Waals surface area contributed by atoms with Crippen LogP contribution in [0.5, 0.6) is 0 Å². The first-order chi connectivity index (χ1) is 14.6. The van der Waals surface area contributed by atoms with E-state index in [1.807, 2.05) is 0 Å². The number of aliphatic hydroxyl groups is 1. The van der Waals surface area contributed by atoms with Crippen molar-refractivity contribution >= 4 is 16.5 Å². The average molecular weight is 402 g/mol. The van der Waals surface area contributed by atoms with E-state index in [4.69, 9.17) is 0 Å². The van der Waals surface area contributed by atoms with E-state index in [0.717, 1.165) is 32.0 Å². The zero-order valence-electron chi connectivity index (χ0n) is 18.2. The lowest BCUT2D eigenvalue weighted by molar-refractivity contribution is 0.303.